The Labute approximate surface area is 91.1 Å². The lowest BCUT2D eigenvalue weighted by Crippen LogP contribution is -2.07. The van der Waals surface area contributed by atoms with Gasteiger partial charge in [0.1, 0.15) is 11.4 Å². The summed E-state index contributed by atoms with van der Waals surface area (Å²) in [4.78, 5) is 4.16. The highest BCUT2D eigenvalue weighted by Gasteiger charge is 2.16. The average molecular weight is 209 g/mol. The molecule has 0 aliphatic carbocycles. The number of rotatable bonds is 5. The van der Waals surface area contributed by atoms with Crippen LogP contribution in [0.1, 0.15) is 38.5 Å². The first-order valence-electron chi connectivity index (χ1n) is 5.36. The lowest BCUT2D eigenvalue weighted by Gasteiger charge is -2.16. The van der Waals surface area contributed by atoms with Crippen molar-refractivity contribution in [2.75, 3.05) is 7.11 Å². The van der Waals surface area contributed by atoms with Crippen LogP contribution in [0.3, 0.4) is 0 Å². The molecule has 3 heteroatoms. The smallest absolute Gasteiger partial charge is 0.143 e. The van der Waals surface area contributed by atoms with E-state index in [1.165, 1.54) is 0 Å². The molecule has 1 aromatic rings. The van der Waals surface area contributed by atoms with Gasteiger partial charge in [0.25, 0.3) is 0 Å². The topological polar surface area (TPSA) is 42.4 Å². The van der Waals surface area contributed by atoms with Gasteiger partial charge in [-0.2, -0.15) is 0 Å². The average Bonchev–Trinajstić information content (AvgIpc) is 2.28. The van der Waals surface area contributed by atoms with Crippen molar-refractivity contribution >= 4 is 0 Å². The maximum atomic E-state index is 9.99. The number of pyridine rings is 1. The second-order valence-electron chi connectivity index (χ2n) is 3.86. The molecule has 0 fully saturated rings. The van der Waals surface area contributed by atoms with Gasteiger partial charge in [-0.3, -0.25) is 4.98 Å². The molecule has 3 nitrogen and oxygen atoms in total. The molecule has 84 valence electrons. The minimum atomic E-state index is -0.531. The van der Waals surface area contributed by atoms with Crippen molar-refractivity contribution < 1.29 is 9.84 Å². The van der Waals surface area contributed by atoms with Gasteiger partial charge in [-0.25, -0.2) is 0 Å². The van der Waals surface area contributed by atoms with Crippen molar-refractivity contribution in [3.63, 3.8) is 0 Å². The van der Waals surface area contributed by atoms with E-state index in [-0.39, 0.29) is 0 Å². The van der Waals surface area contributed by atoms with E-state index in [0.717, 1.165) is 12.8 Å². The van der Waals surface area contributed by atoms with Crippen LogP contribution in [0.25, 0.3) is 0 Å². The number of aliphatic hydroxyl groups is 1. The lowest BCUT2D eigenvalue weighted by atomic mass is 9.99. The zero-order valence-electron chi connectivity index (χ0n) is 9.60. The Bertz CT molecular complexity index is 301. The first-order chi connectivity index (χ1) is 7.19. The van der Waals surface area contributed by atoms with Gasteiger partial charge in [0.15, 0.2) is 0 Å². The second-order valence-corrected chi connectivity index (χ2v) is 3.86. The molecular formula is C12H19NO2. The van der Waals surface area contributed by atoms with Gasteiger partial charge in [0.05, 0.1) is 13.2 Å². The molecule has 1 aromatic heterocycles. The molecule has 0 aliphatic heterocycles. The second kappa shape index (κ2) is 5.71. The molecule has 0 aliphatic rings. The predicted octanol–water partition coefficient (Wildman–Crippen LogP) is 2.56. The fourth-order valence-electron chi connectivity index (χ4n) is 1.49. The minimum Gasteiger partial charge on any atom is -0.495 e. The number of methoxy groups -OCH3 is 1. The fraction of sp³-hybridized carbons (Fsp3) is 0.583. The summed E-state index contributed by atoms with van der Waals surface area (Å²) in [6.45, 7) is 4.24. The SMILES string of the molecule is CCC(C)CC(O)c1ncccc1OC. The Morgan fingerprint density at radius 2 is 2.27 bits per heavy atom. The Morgan fingerprint density at radius 3 is 2.87 bits per heavy atom. The molecule has 0 bridgehead atoms. The number of hydrogen-bond acceptors (Lipinski definition) is 3. The van der Waals surface area contributed by atoms with E-state index >= 15 is 0 Å². The third kappa shape index (κ3) is 3.20. The number of aliphatic hydroxyl groups excluding tert-OH is 1. The third-order valence-electron chi connectivity index (χ3n) is 2.66. The molecule has 0 radical (unpaired) electrons. The molecule has 2 atom stereocenters. The van der Waals surface area contributed by atoms with Crippen LogP contribution in [0.4, 0.5) is 0 Å². The van der Waals surface area contributed by atoms with Gasteiger partial charge in [0.2, 0.25) is 0 Å². The van der Waals surface area contributed by atoms with E-state index in [4.69, 9.17) is 4.74 Å². The molecule has 0 aromatic carbocycles. The Balaban J connectivity index is 2.76. The van der Waals surface area contributed by atoms with Crippen LogP contribution >= 0.6 is 0 Å². The predicted molar refractivity (Wildman–Crippen MR) is 59.8 cm³/mol. The van der Waals surface area contributed by atoms with Crippen LogP contribution in [0, 0.1) is 5.92 Å². The number of ether oxygens (including phenoxy) is 1. The van der Waals surface area contributed by atoms with Crippen LogP contribution in [0.5, 0.6) is 5.75 Å². The maximum Gasteiger partial charge on any atom is 0.143 e. The van der Waals surface area contributed by atoms with E-state index in [1.54, 1.807) is 19.4 Å². The standard InChI is InChI=1S/C12H19NO2/c1-4-9(2)8-10(14)12-11(15-3)6-5-7-13-12/h5-7,9-10,14H,4,8H2,1-3H3. The molecule has 2 unspecified atom stereocenters. The summed E-state index contributed by atoms with van der Waals surface area (Å²) in [6, 6.07) is 3.63. The highest BCUT2D eigenvalue weighted by atomic mass is 16.5. The van der Waals surface area contributed by atoms with Crippen molar-refractivity contribution in [1.82, 2.24) is 4.98 Å². The summed E-state index contributed by atoms with van der Waals surface area (Å²) in [5.41, 5.74) is 0.639. The van der Waals surface area contributed by atoms with Crippen molar-refractivity contribution in [1.29, 1.82) is 0 Å². The van der Waals surface area contributed by atoms with Gasteiger partial charge in [-0.05, 0) is 24.5 Å². The van der Waals surface area contributed by atoms with Crippen LogP contribution in [-0.4, -0.2) is 17.2 Å². The van der Waals surface area contributed by atoms with E-state index in [1.807, 2.05) is 6.07 Å². The normalized spacial score (nSPS) is 14.7. The molecule has 15 heavy (non-hydrogen) atoms. The van der Waals surface area contributed by atoms with Crippen molar-refractivity contribution in [3.8, 4) is 5.75 Å². The van der Waals surface area contributed by atoms with Gasteiger partial charge in [-0.1, -0.05) is 20.3 Å². The summed E-state index contributed by atoms with van der Waals surface area (Å²) in [7, 11) is 1.59. The summed E-state index contributed by atoms with van der Waals surface area (Å²) < 4.78 is 5.16. The molecule has 1 rings (SSSR count). The fourth-order valence-corrected chi connectivity index (χ4v) is 1.49. The minimum absolute atomic E-state index is 0.492. The highest BCUT2D eigenvalue weighted by molar-refractivity contribution is 5.28. The summed E-state index contributed by atoms with van der Waals surface area (Å²) >= 11 is 0. The van der Waals surface area contributed by atoms with Crippen molar-refractivity contribution in [2.45, 2.75) is 32.8 Å². The molecule has 0 spiro atoms. The van der Waals surface area contributed by atoms with E-state index in [0.29, 0.717) is 17.4 Å². The van der Waals surface area contributed by atoms with Gasteiger partial charge >= 0.3 is 0 Å². The largest absolute Gasteiger partial charge is 0.495 e. The Morgan fingerprint density at radius 1 is 1.53 bits per heavy atom. The maximum absolute atomic E-state index is 9.99. The molecule has 0 saturated heterocycles. The third-order valence-corrected chi connectivity index (χ3v) is 2.66. The van der Waals surface area contributed by atoms with Gasteiger partial charge in [0, 0.05) is 6.20 Å². The summed E-state index contributed by atoms with van der Waals surface area (Å²) in [5, 5.41) is 9.99. The zero-order chi connectivity index (χ0) is 11.3. The van der Waals surface area contributed by atoms with Gasteiger partial charge in [-0.15, -0.1) is 0 Å². The molecule has 1 heterocycles. The van der Waals surface area contributed by atoms with E-state index in [9.17, 15) is 5.11 Å². The van der Waals surface area contributed by atoms with Crippen LogP contribution in [0.15, 0.2) is 18.3 Å². The summed E-state index contributed by atoms with van der Waals surface area (Å²) in [5.74, 6) is 1.15. The first-order valence-corrected chi connectivity index (χ1v) is 5.36. The van der Waals surface area contributed by atoms with Crippen molar-refractivity contribution in [3.05, 3.63) is 24.0 Å². The first kappa shape index (κ1) is 12.0. The van der Waals surface area contributed by atoms with Crippen molar-refractivity contribution in [2.24, 2.45) is 5.92 Å². The molecule has 0 saturated carbocycles. The van der Waals surface area contributed by atoms with Crippen LogP contribution < -0.4 is 4.74 Å². The molecule has 0 amide bonds. The quantitative estimate of drug-likeness (QED) is 0.810. The zero-order valence-corrected chi connectivity index (χ0v) is 9.60. The molecular weight excluding hydrogens is 190 g/mol. The van der Waals surface area contributed by atoms with Crippen LogP contribution in [0.2, 0.25) is 0 Å². The highest BCUT2D eigenvalue weighted by Crippen LogP contribution is 2.27. The number of aromatic nitrogens is 1. The van der Waals surface area contributed by atoms with E-state index < -0.39 is 6.10 Å². The lowest BCUT2D eigenvalue weighted by molar-refractivity contribution is 0.138. The molecule has 1 N–H and O–H groups in total. The number of hydrogen-bond donors (Lipinski definition) is 1. The number of nitrogens with zero attached hydrogens (tertiary/aromatic N) is 1. The monoisotopic (exact) mass is 209 g/mol. The summed E-state index contributed by atoms with van der Waals surface area (Å²) in [6.07, 6.45) is 2.93. The Kier molecular flexibility index (Phi) is 4.56. The van der Waals surface area contributed by atoms with Gasteiger partial charge < -0.3 is 9.84 Å². The Hall–Kier alpha value is -1.09. The van der Waals surface area contributed by atoms with E-state index in [2.05, 4.69) is 18.8 Å². The van der Waals surface area contributed by atoms with Crippen LogP contribution in [-0.2, 0) is 0 Å².